The van der Waals surface area contributed by atoms with Gasteiger partial charge in [0.25, 0.3) is 5.91 Å². The summed E-state index contributed by atoms with van der Waals surface area (Å²) in [7, 11) is 1.64. The molecule has 3 aromatic rings. The lowest BCUT2D eigenvalue weighted by molar-refractivity contribution is -0.130. The van der Waals surface area contributed by atoms with E-state index in [-0.39, 0.29) is 0 Å². The Morgan fingerprint density at radius 3 is 2.81 bits per heavy atom. The summed E-state index contributed by atoms with van der Waals surface area (Å²) in [6.07, 6.45) is 4.13. The third-order valence-electron chi connectivity index (χ3n) is 4.34. The van der Waals surface area contributed by atoms with Gasteiger partial charge in [0, 0.05) is 29.8 Å². The molecule has 0 fully saturated rings. The Hall–Kier alpha value is -3.28. The number of aromatic nitrogens is 2. The molecular weight excluding hydrogens is 342 g/mol. The molecule has 3 rings (SSSR count). The molecule has 1 radical (unpaired) electrons. The van der Waals surface area contributed by atoms with Crippen molar-refractivity contribution in [3.05, 3.63) is 66.0 Å². The zero-order valence-corrected chi connectivity index (χ0v) is 15.6. The quantitative estimate of drug-likeness (QED) is 0.674. The van der Waals surface area contributed by atoms with E-state index in [4.69, 9.17) is 15.2 Å². The van der Waals surface area contributed by atoms with Crippen LogP contribution < -0.4 is 15.2 Å². The molecule has 0 saturated heterocycles. The van der Waals surface area contributed by atoms with Crippen LogP contribution >= 0.6 is 0 Å². The minimum atomic E-state index is -1.16. The molecule has 0 spiro atoms. The number of rotatable bonds is 7. The molecule has 27 heavy (non-hydrogen) atoms. The van der Waals surface area contributed by atoms with Crippen LogP contribution in [0.5, 0.6) is 11.5 Å². The summed E-state index contributed by atoms with van der Waals surface area (Å²) < 4.78 is 11.3. The van der Waals surface area contributed by atoms with Crippen LogP contribution in [-0.2, 0) is 11.2 Å². The molecule has 0 bridgehead atoms. The standard InChI is InChI=1S/C21H22N3O3/c1-21(2,20(22)25)27-19-9-5-8-17(15-12-23-24-13-15)18(19)11-14-6-4-7-16(10-14)26-3/h4-8,10,12-13H,11H2,1-3H3,(H2,22,25)(H,23,24). The van der Waals surface area contributed by atoms with Crippen molar-refractivity contribution in [2.24, 2.45) is 5.73 Å². The third-order valence-corrected chi connectivity index (χ3v) is 4.34. The summed E-state index contributed by atoms with van der Waals surface area (Å²) in [5.41, 5.74) is 8.12. The molecule has 0 unspecified atom stereocenters. The van der Waals surface area contributed by atoms with Crippen molar-refractivity contribution >= 4 is 5.91 Å². The predicted molar refractivity (Wildman–Crippen MR) is 103 cm³/mol. The zero-order valence-electron chi connectivity index (χ0n) is 15.6. The van der Waals surface area contributed by atoms with Crippen molar-refractivity contribution in [3.8, 4) is 22.6 Å². The van der Waals surface area contributed by atoms with Gasteiger partial charge in [-0.1, -0.05) is 18.2 Å². The van der Waals surface area contributed by atoms with Gasteiger partial charge in [0.1, 0.15) is 11.5 Å². The van der Waals surface area contributed by atoms with Gasteiger partial charge in [0.2, 0.25) is 0 Å². The number of carbonyl (C=O) groups excluding carboxylic acids is 1. The number of methoxy groups -OCH3 is 1. The lowest BCUT2D eigenvalue weighted by Gasteiger charge is -2.25. The Balaban J connectivity index is 2.08. The number of aromatic amines is 1. The van der Waals surface area contributed by atoms with Gasteiger partial charge in [-0.2, -0.15) is 5.10 Å². The first-order valence-electron chi connectivity index (χ1n) is 8.55. The number of amides is 1. The van der Waals surface area contributed by atoms with E-state index in [0.29, 0.717) is 12.2 Å². The van der Waals surface area contributed by atoms with E-state index in [2.05, 4.69) is 16.3 Å². The fourth-order valence-electron chi connectivity index (χ4n) is 2.74. The van der Waals surface area contributed by atoms with E-state index in [0.717, 1.165) is 28.0 Å². The minimum absolute atomic E-state index is 0.486. The van der Waals surface area contributed by atoms with Gasteiger partial charge in [0.05, 0.1) is 13.3 Å². The zero-order chi connectivity index (χ0) is 19.4. The number of nitrogens with two attached hydrogens (primary N) is 1. The first-order chi connectivity index (χ1) is 12.9. The van der Waals surface area contributed by atoms with Crippen LogP contribution in [0.15, 0.2) is 48.8 Å². The summed E-state index contributed by atoms with van der Waals surface area (Å²) in [5.74, 6) is 0.717. The van der Waals surface area contributed by atoms with Crippen LogP contribution in [0.2, 0.25) is 0 Å². The number of primary amides is 1. The maximum absolute atomic E-state index is 11.7. The SMILES string of the molecule is COc1cccc(Cc2c(OC(C)(C)C(N)=O)[c]ccc2-c2cn[nH]c2)c1. The average Bonchev–Trinajstić information content (AvgIpc) is 3.17. The Labute approximate surface area is 158 Å². The van der Waals surface area contributed by atoms with E-state index in [1.165, 1.54) is 0 Å². The molecule has 0 aliphatic carbocycles. The first-order valence-corrected chi connectivity index (χ1v) is 8.55. The van der Waals surface area contributed by atoms with Gasteiger partial charge in [0.15, 0.2) is 5.60 Å². The number of nitrogens with zero attached hydrogens (tertiary/aromatic N) is 1. The highest BCUT2D eigenvalue weighted by atomic mass is 16.5. The van der Waals surface area contributed by atoms with Gasteiger partial charge in [-0.05, 0) is 43.2 Å². The molecule has 3 N–H and O–H groups in total. The highest BCUT2D eigenvalue weighted by molar-refractivity contribution is 5.83. The van der Waals surface area contributed by atoms with Crippen LogP contribution in [0.25, 0.3) is 11.1 Å². The highest BCUT2D eigenvalue weighted by Gasteiger charge is 2.29. The fourth-order valence-corrected chi connectivity index (χ4v) is 2.74. The average molecular weight is 364 g/mol. The molecule has 0 aliphatic rings. The summed E-state index contributed by atoms with van der Waals surface area (Å²) in [6.45, 7) is 3.28. The van der Waals surface area contributed by atoms with Gasteiger partial charge < -0.3 is 15.2 Å². The maximum Gasteiger partial charge on any atom is 0.261 e. The Kier molecular flexibility index (Phi) is 5.16. The van der Waals surface area contributed by atoms with Gasteiger partial charge >= 0.3 is 0 Å². The maximum atomic E-state index is 11.7. The molecule has 139 valence electrons. The number of ether oxygens (including phenoxy) is 2. The van der Waals surface area contributed by atoms with Crippen LogP contribution in [0.3, 0.4) is 0 Å². The third kappa shape index (κ3) is 4.11. The van der Waals surface area contributed by atoms with E-state index in [1.54, 1.807) is 33.2 Å². The summed E-state index contributed by atoms with van der Waals surface area (Å²) in [6, 6.07) is 14.6. The number of benzene rings is 2. The molecule has 6 heteroatoms. The monoisotopic (exact) mass is 364 g/mol. The van der Waals surface area contributed by atoms with Gasteiger partial charge in [-0.25, -0.2) is 0 Å². The molecule has 6 nitrogen and oxygen atoms in total. The van der Waals surface area contributed by atoms with Gasteiger partial charge in [-0.3, -0.25) is 9.89 Å². The number of H-pyrrole nitrogens is 1. The van der Waals surface area contributed by atoms with Crippen LogP contribution in [-0.4, -0.2) is 28.8 Å². The molecule has 0 saturated carbocycles. The number of carbonyl (C=O) groups is 1. The van der Waals surface area contributed by atoms with E-state index in [1.807, 2.05) is 36.5 Å². The van der Waals surface area contributed by atoms with Crippen molar-refractivity contribution in [1.82, 2.24) is 10.2 Å². The normalized spacial score (nSPS) is 11.2. The Morgan fingerprint density at radius 1 is 1.33 bits per heavy atom. The van der Waals surface area contributed by atoms with E-state index >= 15 is 0 Å². The smallest absolute Gasteiger partial charge is 0.261 e. The Bertz CT molecular complexity index is 934. The van der Waals surface area contributed by atoms with E-state index < -0.39 is 11.5 Å². The predicted octanol–water partition coefficient (Wildman–Crippen LogP) is 3.12. The minimum Gasteiger partial charge on any atom is -0.497 e. The second-order valence-electron chi connectivity index (χ2n) is 6.69. The van der Waals surface area contributed by atoms with Crippen LogP contribution in [0.4, 0.5) is 0 Å². The fraction of sp³-hybridized carbons (Fsp3) is 0.238. The first kappa shape index (κ1) is 18.5. The highest BCUT2D eigenvalue weighted by Crippen LogP contribution is 2.34. The van der Waals surface area contributed by atoms with Crippen LogP contribution in [0.1, 0.15) is 25.0 Å². The molecule has 1 aromatic heterocycles. The number of hydrogen-bond acceptors (Lipinski definition) is 4. The molecule has 1 amide bonds. The second kappa shape index (κ2) is 7.53. The molecule has 1 heterocycles. The van der Waals surface area contributed by atoms with Crippen LogP contribution in [0, 0.1) is 6.07 Å². The van der Waals surface area contributed by atoms with Crippen molar-refractivity contribution in [3.63, 3.8) is 0 Å². The lowest BCUT2D eigenvalue weighted by atomic mass is 9.95. The Morgan fingerprint density at radius 2 is 2.15 bits per heavy atom. The lowest BCUT2D eigenvalue weighted by Crippen LogP contribution is -2.43. The summed E-state index contributed by atoms with van der Waals surface area (Å²) in [4.78, 5) is 11.7. The number of nitrogens with one attached hydrogen (secondary N) is 1. The van der Waals surface area contributed by atoms with Crippen molar-refractivity contribution in [1.29, 1.82) is 0 Å². The van der Waals surface area contributed by atoms with Gasteiger partial charge in [-0.15, -0.1) is 0 Å². The van der Waals surface area contributed by atoms with Crippen molar-refractivity contribution in [2.75, 3.05) is 7.11 Å². The molecule has 2 aromatic carbocycles. The molecular formula is C21H22N3O3. The molecule has 0 atom stereocenters. The summed E-state index contributed by atoms with van der Waals surface area (Å²) in [5, 5.41) is 6.86. The second-order valence-corrected chi connectivity index (χ2v) is 6.69. The molecule has 0 aliphatic heterocycles. The topological polar surface area (TPSA) is 90.2 Å². The van der Waals surface area contributed by atoms with E-state index in [9.17, 15) is 4.79 Å². The number of hydrogen-bond donors (Lipinski definition) is 2. The van der Waals surface area contributed by atoms with Crippen molar-refractivity contribution in [2.45, 2.75) is 25.9 Å². The summed E-state index contributed by atoms with van der Waals surface area (Å²) >= 11 is 0. The largest absolute Gasteiger partial charge is 0.497 e. The van der Waals surface area contributed by atoms with Crippen molar-refractivity contribution < 1.29 is 14.3 Å².